The lowest BCUT2D eigenvalue weighted by Crippen LogP contribution is -2.08. The van der Waals surface area contributed by atoms with Crippen LogP contribution in [0.15, 0.2) is 11.4 Å². The molecule has 2 nitrogen and oxygen atoms in total. The summed E-state index contributed by atoms with van der Waals surface area (Å²) in [6, 6.07) is 2.06. The van der Waals surface area contributed by atoms with E-state index in [-0.39, 0.29) is 11.8 Å². The van der Waals surface area contributed by atoms with Crippen LogP contribution in [0, 0.1) is 0 Å². The van der Waals surface area contributed by atoms with Gasteiger partial charge in [-0.3, -0.25) is 4.79 Å². The van der Waals surface area contributed by atoms with Crippen molar-refractivity contribution in [2.24, 2.45) is 5.73 Å². The van der Waals surface area contributed by atoms with Crippen molar-refractivity contribution in [1.82, 2.24) is 0 Å². The molecule has 0 bridgehead atoms. The highest BCUT2D eigenvalue weighted by atomic mass is 32.1. The summed E-state index contributed by atoms with van der Waals surface area (Å²) in [6.07, 6.45) is 2.54. The molecule has 64 valence electrons. The SMILES string of the molecule is NC1CCCC(=O)c2sccc21. The number of hydrogen-bond donors (Lipinski definition) is 1. The van der Waals surface area contributed by atoms with Crippen molar-refractivity contribution in [3.63, 3.8) is 0 Å². The summed E-state index contributed by atoms with van der Waals surface area (Å²) in [6.45, 7) is 0. The van der Waals surface area contributed by atoms with Crippen LogP contribution < -0.4 is 5.73 Å². The van der Waals surface area contributed by atoms with Gasteiger partial charge in [-0.1, -0.05) is 0 Å². The predicted molar refractivity (Wildman–Crippen MR) is 49.4 cm³/mol. The lowest BCUT2D eigenvalue weighted by atomic mass is 10.1. The molecule has 1 aliphatic rings. The molecule has 2 N–H and O–H groups in total. The zero-order valence-electron chi connectivity index (χ0n) is 6.75. The molecule has 0 aliphatic heterocycles. The van der Waals surface area contributed by atoms with Crippen molar-refractivity contribution in [3.8, 4) is 0 Å². The van der Waals surface area contributed by atoms with E-state index < -0.39 is 0 Å². The molecule has 1 aromatic heterocycles. The van der Waals surface area contributed by atoms with Gasteiger partial charge < -0.3 is 5.73 Å². The van der Waals surface area contributed by atoms with Gasteiger partial charge in [-0.15, -0.1) is 11.3 Å². The van der Waals surface area contributed by atoms with Crippen LogP contribution in [0.25, 0.3) is 0 Å². The van der Waals surface area contributed by atoms with E-state index >= 15 is 0 Å². The minimum absolute atomic E-state index is 0.0812. The molecule has 0 saturated carbocycles. The van der Waals surface area contributed by atoms with E-state index in [1.165, 1.54) is 11.3 Å². The van der Waals surface area contributed by atoms with Crippen LogP contribution in [0.4, 0.5) is 0 Å². The molecule has 1 aliphatic carbocycles. The van der Waals surface area contributed by atoms with Gasteiger partial charge in [0.15, 0.2) is 5.78 Å². The normalized spacial score (nSPS) is 23.4. The highest BCUT2D eigenvalue weighted by molar-refractivity contribution is 7.12. The van der Waals surface area contributed by atoms with Gasteiger partial charge >= 0.3 is 0 Å². The highest BCUT2D eigenvalue weighted by Crippen LogP contribution is 2.30. The van der Waals surface area contributed by atoms with Crippen LogP contribution in [0.1, 0.15) is 40.5 Å². The van der Waals surface area contributed by atoms with Crippen molar-refractivity contribution in [2.45, 2.75) is 25.3 Å². The maximum atomic E-state index is 11.5. The van der Waals surface area contributed by atoms with E-state index in [1.807, 2.05) is 11.4 Å². The van der Waals surface area contributed by atoms with Crippen molar-refractivity contribution in [2.75, 3.05) is 0 Å². The van der Waals surface area contributed by atoms with Crippen LogP contribution in [0.2, 0.25) is 0 Å². The first-order chi connectivity index (χ1) is 5.79. The first-order valence-electron chi connectivity index (χ1n) is 4.15. The molecule has 1 atom stereocenters. The number of carbonyl (C=O) groups is 1. The Morgan fingerprint density at radius 1 is 1.58 bits per heavy atom. The number of nitrogens with two attached hydrogens (primary N) is 1. The van der Waals surface area contributed by atoms with Gasteiger partial charge in [-0.05, 0) is 29.9 Å². The summed E-state index contributed by atoms with van der Waals surface area (Å²) < 4.78 is 0. The first kappa shape index (κ1) is 7.95. The van der Waals surface area contributed by atoms with Crippen LogP contribution in [-0.2, 0) is 0 Å². The maximum absolute atomic E-state index is 11.5. The maximum Gasteiger partial charge on any atom is 0.173 e. The standard InChI is InChI=1S/C9H11NOS/c10-7-2-1-3-8(11)9-6(7)4-5-12-9/h4-5,7H,1-3,10H2. The average molecular weight is 181 g/mol. The number of hydrogen-bond acceptors (Lipinski definition) is 3. The van der Waals surface area contributed by atoms with Gasteiger partial charge in [-0.25, -0.2) is 0 Å². The number of fused-ring (bicyclic) bond motifs is 1. The number of carbonyl (C=O) groups excluding carboxylic acids is 1. The molecule has 3 heteroatoms. The molecule has 1 heterocycles. The number of thiophene rings is 1. The fourth-order valence-corrected chi connectivity index (χ4v) is 2.53. The molecular weight excluding hydrogens is 170 g/mol. The van der Waals surface area contributed by atoms with E-state index in [0.717, 1.165) is 23.3 Å². The molecule has 0 aromatic carbocycles. The zero-order valence-corrected chi connectivity index (χ0v) is 7.56. The Morgan fingerprint density at radius 3 is 3.25 bits per heavy atom. The molecule has 1 unspecified atom stereocenters. The molecule has 0 spiro atoms. The lowest BCUT2D eigenvalue weighted by Gasteiger charge is -2.05. The van der Waals surface area contributed by atoms with E-state index in [0.29, 0.717) is 6.42 Å². The summed E-state index contributed by atoms with van der Waals surface area (Å²) in [5.41, 5.74) is 6.97. The fraction of sp³-hybridized carbons (Fsp3) is 0.444. The van der Waals surface area contributed by atoms with Crippen LogP contribution in [-0.4, -0.2) is 5.78 Å². The molecular formula is C9H11NOS. The third kappa shape index (κ3) is 1.19. The molecule has 12 heavy (non-hydrogen) atoms. The topological polar surface area (TPSA) is 43.1 Å². The van der Waals surface area contributed by atoms with Crippen molar-refractivity contribution in [3.05, 3.63) is 21.9 Å². The largest absolute Gasteiger partial charge is 0.324 e. The van der Waals surface area contributed by atoms with E-state index in [4.69, 9.17) is 5.73 Å². The molecule has 0 fully saturated rings. The van der Waals surface area contributed by atoms with E-state index in [2.05, 4.69) is 0 Å². The molecule has 2 rings (SSSR count). The molecule has 1 aromatic rings. The second-order valence-corrected chi connectivity index (χ2v) is 4.04. The number of rotatable bonds is 0. The van der Waals surface area contributed by atoms with Crippen LogP contribution in [0.5, 0.6) is 0 Å². The Hall–Kier alpha value is -0.670. The monoisotopic (exact) mass is 181 g/mol. The molecule has 0 radical (unpaired) electrons. The summed E-state index contributed by atoms with van der Waals surface area (Å²) >= 11 is 1.52. The molecule has 0 amide bonds. The second-order valence-electron chi connectivity index (χ2n) is 3.13. The van der Waals surface area contributed by atoms with Crippen molar-refractivity contribution < 1.29 is 4.79 Å². The number of ketones is 1. The van der Waals surface area contributed by atoms with Crippen molar-refractivity contribution >= 4 is 17.1 Å². The van der Waals surface area contributed by atoms with Gasteiger partial charge in [0.2, 0.25) is 0 Å². The Labute approximate surface area is 75.4 Å². The minimum atomic E-state index is 0.0812. The van der Waals surface area contributed by atoms with Gasteiger partial charge in [0.25, 0.3) is 0 Å². The van der Waals surface area contributed by atoms with Gasteiger partial charge in [0.1, 0.15) is 0 Å². The Kier molecular flexibility index (Phi) is 1.98. The van der Waals surface area contributed by atoms with Crippen LogP contribution in [0.3, 0.4) is 0 Å². The number of Topliss-reactive ketones (excluding diaryl/α,β-unsaturated/α-hetero) is 1. The third-order valence-electron chi connectivity index (χ3n) is 2.27. The van der Waals surface area contributed by atoms with Crippen molar-refractivity contribution in [1.29, 1.82) is 0 Å². The Morgan fingerprint density at radius 2 is 2.42 bits per heavy atom. The fourth-order valence-electron chi connectivity index (χ4n) is 1.59. The first-order valence-corrected chi connectivity index (χ1v) is 5.03. The van der Waals surface area contributed by atoms with Gasteiger partial charge in [0.05, 0.1) is 4.88 Å². The second kappa shape index (κ2) is 2.99. The van der Waals surface area contributed by atoms with Crippen LogP contribution >= 0.6 is 11.3 Å². The minimum Gasteiger partial charge on any atom is -0.324 e. The summed E-state index contributed by atoms with van der Waals surface area (Å²) in [5, 5.41) is 1.95. The summed E-state index contributed by atoms with van der Waals surface area (Å²) in [5.74, 6) is 0.271. The Balaban J connectivity index is 2.45. The van der Waals surface area contributed by atoms with E-state index in [1.54, 1.807) is 0 Å². The van der Waals surface area contributed by atoms with Gasteiger partial charge in [0, 0.05) is 12.5 Å². The third-order valence-corrected chi connectivity index (χ3v) is 3.24. The predicted octanol–water partition coefficient (Wildman–Crippen LogP) is 2.11. The summed E-state index contributed by atoms with van der Waals surface area (Å²) in [7, 11) is 0. The summed E-state index contributed by atoms with van der Waals surface area (Å²) in [4.78, 5) is 12.4. The lowest BCUT2D eigenvalue weighted by molar-refractivity contribution is 0.0986. The molecule has 0 saturated heterocycles. The highest BCUT2D eigenvalue weighted by Gasteiger charge is 2.21. The van der Waals surface area contributed by atoms with Gasteiger partial charge in [-0.2, -0.15) is 0 Å². The average Bonchev–Trinajstić information content (AvgIpc) is 2.47. The Bertz CT molecular complexity index is 305. The zero-order chi connectivity index (χ0) is 8.55. The quantitative estimate of drug-likeness (QED) is 0.623. The smallest absolute Gasteiger partial charge is 0.173 e. The van der Waals surface area contributed by atoms with E-state index in [9.17, 15) is 4.79 Å².